The van der Waals surface area contributed by atoms with Gasteiger partial charge in [-0.25, -0.2) is 0 Å². The molecular weight excluding hydrogens is 726 g/mol. The van der Waals surface area contributed by atoms with Crippen molar-refractivity contribution in [3.05, 3.63) is 111 Å². The molecule has 0 radical (unpaired) electrons. The fraction of sp³-hybridized carbons (Fsp3) is 0.455. The number of nitrogen functional groups attached to an aromatic ring is 1. The first kappa shape index (κ1) is 40.6. The van der Waals surface area contributed by atoms with E-state index in [1.165, 1.54) is 74.5 Å². The van der Waals surface area contributed by atoms with Gasteiger partial charge >= 0.3 is 0 Å². The number of halogens is 1. The number of rotatable bonds is 13. The highest BCUT2D eigenvalue weighted by atomic mass is 35.5. The van der Waals surface area contributed by atoms with E-state index in [0.717, 1.165) is 71.2 Å². The Bertz CT molecular complexity index is 2020. The van der Waals surface area contributed by atoms with Crippen molar-refractivity contribution in [2.45, 2.75) is 101 Å². The summed E-state index contributed by atoms with van der Waals surface area (Å²) in [5, 5.41) is 24.9. The first-order valence-corrected chi connectivity index (χ1v) is 20.1. The van der Waals surface area contributed by atoms with Crippen molar-refractivity contribution >= 4 is 17.4 Å². The Morgan fingerprint density at radius 1 is 0.554 bits per heavy atom. The Morgan fingerprint density at radius 2 is 1.05 bits per heavy atom. The maximum absolute atomic E-state index is 6.19. The number of hydrogen-bond acceptors (Lipinski definition) is 11. The first-order chi connectivity index (χ1) is 27.4. The SMILES string of the molecule is COc1ccc(CCc2cc(C3CCC3)c(Cl)nn2)c(OC)c1.COc1ccc(CCc2cc(C3CCC3)cnn2)c(OC)c1.Nc1cc(C2CCC2)cnn1. The van der Waals surface area contributed by atoms with Crippen LogP contribution in [0.1, 0.15) is 115 Å². The fourth-order valence-corrected chi connectivity index (χ4v) is 7.33. The third kappa shape index (κ3) is 10.8. The molecule has 5 aromatic rings. The van der Waals surface area contributed by atoms with Gasteiger partial charge in [0.05, 0.1) is 52.2 Å². The summed E-state index contributed by atoms with van der Waals surface area (Å²) in [6.45, 7) is 0. The number of hydrogen-bond donors (Lipinski definition) is 1. The van der Waals surface area contributed by atoms with Crippen LogP contribution in [-0.2, 0) is 25.7 Å². The third-order valence-electron chi connectivity index (χ3n) is 11.2. The second-order valence-electron chi connectivity index (χ2n) is 14.7. The molecule has 0 spiro atoms. The van der Waals surface area contributed by atoms with Gasteiger partial charge in [-0.3, -0.25) is 0 Å². The Morgan fingerprint density at radius 3 is 1.52 bits per heavy atom. The van der Waals surface area contributed by atoms with Gasteiger partial charge in [-0.15, -0.1) is 10.2 Å². The summed E-state index contributed by atoms with van der Waals surface area (Å²) >= 11 is 6.19. The van der Waals surface area contributed by atoms with Crippen LogP contribution in [0.5, 0.6) is 23.0 Å². The largest absolute Gasteiger partial charge is 0.497 e. The van der Waals surface area contributed by atoms with Crippen LogP contribution in [0.15, 0.2) is 67.0 Å². The number of anilines is 1. The number of aromatic nitrogens is 6. The molecule has 3 fully saturated rings. The predicted octanol–water partition coefficient (Wildman–Crippen LogP) is 9.07. The van der Waals surface area contributed by atoms with Crippen LogP contribution in [0.2, 0.25) is 5.15 Å². The number of benzene rings is 2. The van der Waals surface area contributed by atoms with Gasteiger partial charge in [0.15, 0.2) is 5.15 Å². The zero-order valence-electron chi connectivity index (χ0n) is 33.0. The number of ether oxygens (including phenoxy) is 4. The van der Waals surface area contributed by atoms with Crippen LogP contribution in [0.25, 0.3) is 0 Å². The average Bonchev–Trinajstić information content (AvgIpc) is 3.16. The molecule has 3 aliphatic carbocycles. The van der Waals surface area contributed by atoms with E-state index < -0.39 is 0 Å². The van der Waals surface area contributed by atoms with Crippen molar-refractivity contribution in [1.82, 2.24) is 30.6 Å². The minimum absolute atomic E-state index is 0.536. The fourth-order valence-electron chi connectivity index (χ4n) is 7.08. The molecule has 0 saturated heterocycles. The van der Waals surface area contributed by atoms with E-state index >= 15 is 0 Å². The monoisotopic (exact) mass is 779 g/mol. The molecule has 0 bridgehead atoms. The van der Waals surface area contributed by atoms with Crippen molar-refractivity contribution in [1.29, 1.82) is 0 Å². The summed E-state index contributed by atoms with van der Waals surface area (Å²) < 4.78 is 21.4. The highest BCUT2D eigenvalue weighted by molar-refractivity contribution is 6.30. The minimum atomic E-state index is 0.536. The minimum Gasteiger partial charge on any atom is -0.497 e. The summed E-state index contributed by atoms with van der Waals surface area (Å²) in [6.07, 6.45) is 18.7. The van der Waals surface area contributed by atoms with E-state index in [0.29, 0.717) is 28.7 Å². The van der Waals surface area contributed by atoms with Crippen LogP contribution in [0, 0.1) is 0 Å². The molecule has 0 atom stereocenters. The highest BCUT2D eigenvalue weighted by Crippen LogP contribution is 2.39. The van der Waals surface area contributed by atoms with Crippen LogP contribution in [0.3, 0.4) is 0 Å². The number of nitrogens with zero attached hydrogens (tertiary/aromatic N) is 6. The molecule has 0 unspecified atom stereocenters. The summed E-state index contributed by atoms with van der Waals surface area (Å²) in [5.74, 6) is 5.81. The molecule has 3 heterocycles. The lowest BCUT2D eigenvalue weighted by molar-refractivity contribution is 0.390. The van der Waals surface area contributed by atoms with Crippen LogP contribution in [0.4, 0.5) is 5.82 Å². The molecule has 0 amide bonds. The van der Waals surface area contributed by atoms with Gasteiger partial charge in [0.2, 0.25) is 0 Å². The topological polar surface area (TPSA) is 140 Å². The van der Waals surface area contributed by atoms with Gasteiger partial charge in [-0.2, -0.15) is 20.4 Å². The van der Waals surface area contributed by atoms with Crippen molar-refractivity contribution in [2.24, 2.45) is 0 Å². The van der Waals surface area contributed by atoms with Gasteiger partial charge in [-0.05, 0) is 140 Å². The van der Waals surface area contributed by atoms with Gasteiger partial charge in [0, 0.05) is 12.1 Å². The lowest BCUT2D eigenvalue weighted by Crippen LogP contribution is -2.11. The summed E-state index contributed by atoms with van der Waals surface area (Å²) in [6, 6.07) is 18.1. The molecule has 56 heavy (non-hydrogen) atoms. The van der Waals surface area contributed by atoms with Gasteiger partial charge in [-0.1, -0.05) is 43.0 Å². The third-order valence-corrected chi connectivity index (χ3v) is 11.5. The Balaban J connectivity index is 0.000000151. The average molecular weight is 780 g/mol. The van der Waals surface area contributed by atoms with Gasteiger partial charge in [0.25, 0.3) is 0 Å². The summed E-state index contributed by atoms with van der Waals surface area (Å²) in [5.41, 5.74) is 13.6. The molecule has 3 aliphatic rings. The smallest absolute Gasteiger partial charge is 0.155 e. The van der Waals surface area contributed by atoms with Crippen LogP contribution < -0.4 is 24.7 Å². The number of aryl methyl sites for hydroxylation is 4. The number of nitrogens with two attached hydrogens (primary N) is 1. The molecular formula is C44H54ClN7O4. The molecule has 3 aromatic heterocycles. The molecule has 2 aromatic carbocycles. The molecule has 12 heteroatoms. The lowest BCUT2D eigenvalue weighted by Gasteiger charge is -2.26. The maximum Gasteiger partial charge on any atom is 0.155 e. The van der Waals surface area contributed by atoms with Crippen LogP contribution in [-0.4, -0.2) is 59.0 Å². The van der Waals surface area contributed by atoms with Crippen molar-refractivity contribution in [3.63, 3.8) is 0 Å². The zero-order valence-corrected chi connectivity index (χ0v) is 33.8. The predicted molar refractivity (Wildman–Crippen MR) is 219 cm³/mol. The number of methoxy groups -OCH3 is 4. The van der Waals surface area contributed by atoms with Crippen molar-refractivity contribution < 1.29 is 18.9 Å². The first-order valence-electron chi connectivity index (χ1n) is 19.7. The van der Waals surface area contributed by atoms with E-state index in [9.17, 15) is 0 Å². The standard InChI is InChI=1S/C18H21ClN2O2.C18H22N2O2.C8H11N3/c1-22-15-9-7-13(17(11-15)23-2)6-8-14-10-16(12-4-3-5-12)18(19)21-20-14;1-21-17-9-7-14(18(11-17)22-2)6-8-16-10-15(12-19-20-16)13-4-3-5-13;9-8-4-7(5-10-11-8)6-2-1-3-6/h7,9-12H,3-6,8H2,1-2H3;7,9-13H,3-6,8H2,1-2H3;4-6H,1-3H2,(H2,9,11). The van der Waals surface area contributed by atoms with E-state index in [1.807, 2.05) is 48.8 Å². The molecule has 296 valence electrons. The lowest BCUT2D eigenvalue weighted by atomic mass is 9.80. The molecule has 8 rings (SSSR count). The van der Waals surface area contributed by atoms with E-state index in [-0.39, 0.29) is 0 Å². The van der Waals surface area contributed by atoms with Crippen molar-refractivity contribution in [3.8, 4) is 23.0 Å². The van der Waals surface area contributed by atoms with Gasteiger partial charge < -0.3 is 24.7 Å². The maximum atomic E-state index is 6.19. The Hall–Kier alpha value is -5.03. The van der Waals surface area contributed by atoms with E-state index in [4.69, 9.17) is 36.3 Å². The van der Waals surface area contributed by atoms with E-state index in [2.05, 4.69) is 48.8 Å². The van der Waals surface area contributed by atoms with Crippen molar-refractivity contribution in [2.75, 3.05) is 34.2 Å². The second-order valence-corrected chi connectivity index (χ2v) is 15.1. The summed E-state index contributed by atoms with van der Waals surface area (Å²) in [4.78, 5) is 0. The zero-order chi connectivity index (χ0) is 39.3. The molecule has 3 saturated carbocycles. The molecule has 0 aliphatic heterocycles. The molecule has 2 N–H and O–H groups in total. The van der Waals surface area contributed by atoms with Crippen LogP contribution >= 0.6 is 11.6 Å². The Kier molecular flexibility index (Phi) is 14.7. The second kappa shape index (κ2) is 20.2. The Labute approximate surface area is 335 Å². The quantitative estimate of drug-likeness (QED) is 0.122. The van der Waals surface area contributed by atoms with Gasteiger partial charge in [0.1, 0.15) is 28.8 Å². The summed E-state index contributed by atoms with van der Waals surface area (Å²) in [7, 11) is 6.68. The van der Waals surface area contributed by atoms with E-state index in [1.54, 1.807) is 28.4 Å². The normalized spacial score (nSPS) is 15.1. The highest BCUT2D eigenvalue weighted by Gasteiger charge is 2.24. The molecule has 11 nitrogen and oxygen atoms in total.